The highest BCUT2D eigenvalue weighted by Gasteiger charge is 2.16. The summed E-state index contributed by atoms with van der Waals surface area (Å²) in [5.74, 6) is 3.98. The Kier molecular flexibility index (Phi) is 4.70. The second kappa shape index (κ2) is 6.89. The molecule has 0 atom stereocenters. The van der Waals surface area contributed by atoms with Gasteiger partial charge in [0.15, 0.2) is 5.82 Å². The van der Waals surface area contributed by atoms with Crippen molar-refractivity contribution >= 4 is 23.3 Å². The molecule has 2 aromatic heterocycles. The average Bonchev–Trinajstić information content (AvgIpc) is 3.17. The highest BCUT2D eigenvalue weighted by atomic mass is 32.2. The normalized spacial score (nSPS) is 14.6. The second-order valence-electron chi connectivity index (χ2n) is 5.22. The van der Waals surface area contributed by atoms with Crippen LogP contribution in [0, 0.1) is 0 Å². The van der Waals surface area contributed by atoms with Crippen LogP contribution in [0.4, 0.5) is 11.5 Å². The lowest BCUT2D eigenvalue weighted by Gasteiger charge is -2.20. The maximum absolute atomic E-state index is 5.79. The van der Waals surface area contributed by atoms with Crippen LogP contribution < -0.4 is 10.2 Å². The number of furan rings is 1. The van der Waals surface area contributed by atoms with E-state index in [-0.39, 0.29) is 0 Å². The van der Waals surface area contributed by atoms with Gasteiger partial charge in [-0.1, -0.05) is 0 Å². The Balaban J connectivity index is 1.66. The molecule has 2 aromatic rings. The second-order valence-corrected chi connectivity index (χ2v) is 6.09. The zero-order valence-corrected chi connectivity index (χ0v) is 13.2. The van der Waals surface area contributed by atoms with E-state index >= 15 is 0 Å². The van der Waals surface area contributed by atoms with E-state index in [2.05, 4.69) is 33.6 Å². The fourth-order valence-corrected chi connectivity index (χ4v) is 3.08. The molecule has 0 aliphatic carbocycles. The van der Waals surface area contributed by atoms with E-state index in [4.69, 9.17) is 4.42 Å². The van der Waals surface area contributed by atoms with Crippen molar-refractivity contribution in [2.24, 2.45) is 0 Å². The van der Waals surface area contributed by atoms with Crippen LogP contribution in [0.5, 0.6) is 0 Å². The van der Waals surface area contributed by atoms with Gasteiger partial charge in [0.1, 0.15) is 11.5 Å². The number of pyridine rings is 1. The molecule has 0 saturated carbocycles. The summed E-state index contributed by atoms with van der Waals surface area (Å²) < 4.78 is 5.79. The summed E-state index contributed by atoms with van der Waals surface area (Å²) in [5.41, 5.74) is 1.09. The van der Waals surface area contributed by atoms with E-state index in [0.717, 1.165) is 41.9 Å². The van der Waals surface area contributed by atoms with Crippen molar-refractivity contribution in [2.75, 3.05) is 29.6 Å². The van der Waals surface area contributed by atoms with Crippen LogP contribution in [0.2, 0.25) is 0 Å². The van der Waals surface area contributed by atoms with Gasteiger partial charge < -0.3 is 14.6 Å². The van der Waals surface area contributed by atoms with Gasteiger partial charge in [0, 0.05) is 19.3 Å². The molecule has 3 heterocycles. The van der Waals surface area contributed by atoms with E-state index in [9.17, 15) is 0 Å². The first-order valence-corrected chi connectivity index (χ1v) is 8.76. The Bertz CT molecular complexity index is 578. The predicted octanol–water partition coefficient (Wildman–Crippen LogP) is 3.75. The molecule has 0 aromatic carbocycles. The molecule has 4 nitrogen and oxygen atoms in total. The smallest absolute Gasteiger partial charge is 0.151 e. The van der Waals surface area contributed by atoms with Crippen LogP contribution in [-0.2, 0) is 12.3 Å². The maximum Gasteiger partial charge on any atom is 0.151 e. The summed E-state index contributed by atoms with van der Waals surface area (Å²) in [6, 6.07) is 8.16. The van der Waals surface area contributed by atoms with Gasteiger partial charge in [-0.3, -0.25) is 0 Å². The quantitative estimate of drug-likeness (QED) is 0.880. The molecule has 0 bridgehead atoms. The molecule has 0 amide bonds. The molecule has 1 saturated heterocycles. The van der Waals surface area contributed by atoms with Crippen LogP contribution in [0.15, 0.2) is 34.9 Å². The first-order chi connectivity index (χ1) is 10.4. The Morgan fingerprint density at radius 2 is 2.05 bits per heavy atom. The minimum atomic E-state index is 0.695. The number of anilines is 2. The number of rotatable bonds is 6. The molecule has 5 heteroatoms. The third kappa shape index (κ3) is 3.53. The predicted molar refractivity (Wildman–Crippen MR) is 88.9 cm³/mol. The number of hydrogen-bond acceptors (Lipinski definition) is 5. The molecular weight excluding hydrogens is 282 g/mol. The van der Waals surface area contributed by atoms with Gasteiger partial charge >= 0.3 is 0 Å². The lowest BCUT2D eigenvalue weighted by atomic mass is 10.3. The Hall–Kier alpha value is -1.62. The van der Waals surface area contributed by atoms with E-state index in [0.29, 0.717) is 6.54 Å². The number of thioether (sulfide) groups is 1. The molecule has 0 radical (unpaired) electrons. The van der Waals surface area contributed by atoms with E-state index in [1.165, 1.54) is 12.8 Å². The van der Waals surface area contributed by atoms with E-state index < -0.39 is 0 Å². The molecular formula is C16H21N3OS. The van der Waals surface area contributed by atoms with Crippen molar-refractivity contribution in [3.8, 4) is 0 Å². The average molecular weight is 303 g/mol. The number of aromatic nitrogens is 1. The Labute approximate surface area is 129 Å². The molecule has 0 spiro atoms. The van der Waals surface area contributed by atoms with Crippen LogP contribution >= 0.6 is 11.8 Å². The Morgan fingerprint density at radius 1 is 1.24 bits per heavy atom. The lowest BCUT2D eigenvalue weighted by molar-refractivity contribution is 0.487. The molecule has 3 rings (SSSR count). The van der Waals surface area contributed by atoms with Crippen LogP contribution in [0.25, 0.3) is 0 Å². The summed E-state index contributed by atoms with van der Waals surface area (Å²) >= 11 is 1.77. The molecule has 21 heavy (non-hydrogen) atoms. The third-order valence-electron chi connectivity index (χ3n) is 3.65. The number of nitrogens with one attached hydrogen (secondary N) is 1. The summed E-state index contributed by atoms with van der Waals surface area (Å²) in [6.45, 7) is 2.90. The summed E-state index contributed by atoms with van der Waals surface area (Å²) in [7, 11) is 0. The summed E-state index contributed by atoms with van der Waals surface area (Å²) in [5, 5.41) is 3.46. The van der Waals surface area contributed by atoms with Crippen molar-refractivity contribution < 1.29 is 4.42 Å². The maximum atomic E-state index is 5.79. The molecule has 1 aliphatic heterocycles. The third-order valence-corrected chi connectivity index (χ3v) is 4.22. The first kappa shape index (κ1) is 14.3. The van der Waals surface area contributed by atoms with Gasteiger partial charge in [0.2, 0.25) is 0 Å². The minimum absolute atomic E-state index is 0.695. The fraction of sp³-hybridized carbons (Fsp3) is 0.438. The monoisotopic (exact) mass is 303 g/mol. The van der Waals surface area contributed by atoms with Crippen molar-refractivity contribution in [2.45, 2.75) is 25.1 Å². The van der Waals surface area contributed by atoms with E-state index in [1.54, 1.807) is 11.8 Å². The largest absolute Gasteiger partial charge is 0.463 e. The van der Waals surface area contributed by atoms with Gasteiger partial charge in [0.25, 0.3) is 0 Å². The zero-order chi connectivity index (χ0) is 14.5. The van der Waals surface area contributed by atoms with Crippen molar-refractivity contribution in [3.63, 3.8) is 0 Å². The number of hydrogen-bond donors (Lipinski definition) is 1. The van der Waals surface area contributed by atoms with Gasteiger partial charge in [-0.05, 0) is 43.4 Å². The SMILES string of the molecule is CSCc1ccc(CNc2cccnc2N2CCCC2)o1. The fourth-order valence-electron chi connectivity index (χ4n) is 2.64. The highest BCUT2D eigenvalue weighted by Crippen LogP contribution is 2.26. The molecule has 1 aliphatic rings. The standard InChI is InChI=1S/C16H21N3OS/c1-21-12-14-7-6-13(20-14)11-18-15-5-4-8-17-16(15)19-9-2-3-10-19/h4-8,18H,2-3,9-12H2,1H3. The Morgan fingerprint density at radius 3 is 2.86 bits per heavy atom. The highest BCUT2D eigenvalue weighted by molar-refractivity contribution is 7.97. The number of nitrogens with zero attached hydrogens (tertiary/aromatic N) is 2. The first-order valence-electron chi connectivity index (χ1n) is 7.37. The van der Waals surface area contributed by atoms with Crippen LogP contribution in [0.1, 0.15) is 24.4 Å². The molecule has 0 unspecified atom stereocenters. The molecule has 1 fully saturated rings. The van der Waals surface area contributed by atoms with E-state index in [1.807, 2.05) is 18.3 Å². The van der Waals surface area contributed by atoms with Crippen molar-refractivity contribution in [1.82, 2.24) is 4.98 Å². The van der Waals surface area contributed by atoms with Crippen LogP contribution in [0.3, 0.4) is 0 Å². The summed E-state index contributed by atoms with van der Waals surface area (Å²) in [6.07, 6.45) is 6.46. The summed E-state index contributed by atoms with van der Waals surface area (Å²) in [4.78, 5) is 6.89. The van der Waals surface area contributed by atoms with Crippen molar-refractivity contribution in [1.29, 1.82) is 0 Å². The molecule has 1 N–H and O–H groups in total. The van der Waals surface area contributed by atoms with Gasteiger partial charge in [0.05, 0.1) is 18.0 Å². The topological polar surface area (TPSA) is 41.3 Å². The minimum Gasteiger partial charge on any atom is -0.463 e. The zero-order valence-electron chi connectivity index (χ0n) is 12.3. The van der Waals surface area contributed by atoms with Gasteiger partial charge in [-0.25, -0.2) is 4.98 Å². The van der Waals surface area contributed by atoms with Gasteiger partial charge in [-0.15, -0.1) is 0 Å². The molecule has 112 valence electrons. The van der Waals surface area contributed by atoms with Crippen LogP contribution in [-0.4, -0.2) is 24.3 Å². The van der Waals surface area contributed by atoms with Gasteiger partial charge in [-0.2, -0.15) is 11.8 Å². The lowest BCUT2D eigenvalue weighted by Crippen LogP contribution is -2.20. The van der Waals surface area contributed by atoms with Crippen molar-refractivity contribution in [3.05, 3.63) is 42.0 Å².